The summed E-state index contributed by atoms with van der Waals surface area (Å²) in [5, 5.41) is -0.345. The molecule has 0 rings (SSSR count). The summed E-state index contributed by atoms with van der Waals surface area (Å²) in [5.41, 5.74) is 0. The SMILES string of the molecule is CCC(C)CC(C)NS(=O)(=O)C(C)C. The van der Waals surface area contributed by atoms with Crippen molar-refractivity contribution < 1.29 is 8.42 Å². The fourth-order valence-corrected chi connectivity index (χ4v) is 2.16. The largest absolute Gasteiger partial charge is 0.214 e. The molecule has 0 aliphatic heterocycles. The summed E-state index contributed by atoms with van der Waals surface area (Å²) >= 11 is 0. The summed E-state index contributed by atoms with van der Waals surface area (Å²) in [6.45, 7) is 9.57. The Kier molecular flexibility index (Phi) is 5.67. The smallest absolute Gasteiger partial charge is 0.212 e. The summed E-state index contributed by atoms with van der Waals surface area (Å²) in [6.07, 6.45) is 2.00. The van der Waals surface area contributed by atoms with E-state index in [4.69, 9.17) is 0 Å². The first kappa shape index (κ1) is 13.9. The molecule has 0 aromatic heterocycles. The van der Waals surface area contributed by atoms with Gasteiger partial charge >= 0.3 is 0 Å². The van der Waals surface area contributed by atoms with Crippen LogP contribution < -0.4 is 4.72 Å². The zero-order valence-corrected chi connectivity index (χ0v) is 10.7. The van der Waals surface area contributed by atoms with Gasteiger partial charge in [-0.3, -0.25) is 0 Å². The predicted octanol–water partition coefficient (Wildman–Crippen LogP) is 2.14. The highest BCUT2D eigenvalue weighted by atomic mass is 32.2. The van der Waals surface area contributed by atoms with Crippen LogP contribution in [-0.4, -0.2) is 19.7 Å². The molecule has 86 valence electrons. The van der Waals surface area contributed by atoms with Gasteiger partial charge in [-0.2, -0.15) is 0 Å². The van der Waals surface area contributed by atoms with Crippen LogP contribution in [0.25, 0.3) is 0 Å². The van der Waals surface area contributed by atoms with Gasteiger partial charge in [0.2, 0.25) is 10.0 Å². The Morgan fingerprint density at radius 1 is 1.14 bits per heavy atom. The van der Waals surface area contributed by atoms with Crippen molar-refractivity contribution in [3.05, 3.63) is 0 Å². The molecule has 1 N–H and O–H groups in total. The van der Waals surface area contributed by atoms with Gasteiger partial charge in [0.05, 0.1) is 5.25 Å². The van der Waals surface area contributed by atoms with Crippen molar-refractivity contribution in [1.29, 1.82) is 0 Å². The maximum atomic E-state index is 11.5. The maximum absolute atomic E-state index is 11.5. The summed E-state index contributed by atoms with van der Waals surface area (Å²) in [5.74, 6) is 0.569. The third kappa shape index (κ3) is 4.96. The molecule has 0 aromatic carbocycles. The molecule has 0 heterocycles. The zero-order valence-electron chi connectivity index (χ0n) is 9.87. The molecule has 0 amide bonds. The minimum absolute atomic E-state index is 0.0392. The van der Waals surface area contributed by atoms with Gasteiger partial charge in [0.25, 0.3) is 0 Å². The van der Waals surface area contributed by atoms with Gasteiger partial charge in [-0.15, -0.1) is 0 Å². The summed E-state index contributed by atoms with van der Waals surface area (Å²) in [7, 11) is -3.10. The van der Waals surface area contributed by atoms with Gasteiger partial charge in [0.1, 0.15) is 0 Å². The molecule has 0 fully saturated rings. The van der Waals surface area contributed by atoms with Crippen LogP contribution in [0.5, 0.6) is 0 Å². The van der Waals surface area contributed by atoms with Crippen molar-refractivity contribution in [2.75, 3.05) is 0 Å². The first-order valence-electron chi connectivity index (χ1n) is 5.30. The Balaban J connectivity index is 4.13. The molecule has 0 spiro atoms. The number of nitrogens with one attached hydrogen (secondary N) is 1. The van der Waals surface area contributed by atoms with Gasteiger partial charge in [0.15, 0.2) is 0 Å². The Bertz CT molecular complexity index is 247. The highest BCUT2D eigenvalue weighted by Gasteiger charge is 2.19. The lowest BCUT2D eigenvalue weighted by molar-refractivity contribution is 0.444. The average Bonchev–Trinajstić information content (AvgIpc) is 2.02. The van der Waals surface area contributed by atoms with E-state index in [1.807, 2.05) is 6.92 Å². The van der Waals surface area contributed by atoms with E-state index in [1.54, 1.807) is 13.8 Å². The van der Waals surface area contributed by atoms with E-state index in [0.29, 0.717) is 5.92 Å². The minimum Gasteiger partial charge on any atom is -0.212 e. The maximum Gasteiger partial charge on any atom is 0.214 e. The topological polar surface area (TPSA) is 46.2 Å². The highest BCUT2D eigenvalue weighted by Crippen LogP contribution is 2.10. The summed E-state index contributed by atoms with van der Waals surface area (Å²) in [6, 6.07) is 0.0392. The molecule has 0 saturated carbocycles. The number of rotatable bonds is 6. The van der Waals surface area contributed by atoms with Crippen LogP contribution in [0.15, 0.2) is 0 Å². The first-order chi connectivity index (χ1) is 6.29. The molecular weight excluding hydrogens is 198 g/mol. The van der Waals surface area contributed by atoms with Gasteiger partial charge < -0.3 is 0 Å². The molecule has 0 aromatic rings. The zero-order chi connectivity index (χ0) is 11.4. The van der Waals surface area contributed by atoms with Crippen LogP contribution in [0.2, 0.25) is 0 Å². The van der Waals surface area contributed by atoms with Crippen molar-refractivity contribution in [1.82, 2.24) is 4.72 Å². The van der Waals surface area contributed by atoms with Crippen molar-refractivity contribution in [3.63, 3.8) is 0 Å². The summed E-state index contributed by atoms with van der Waals surface area (Å²) < 4.78 is 25.7. The molecule has 14 heavy (non-hydrogen) atoms. The highest BCUT2D eigenvalue weighted by molar-refractivity contribution is 7.90. The Morgan fingerprint density at radius 2 is 1.64 bits per heavy atom. The third-order valence-electron chi connectivity index (χ3n) is 2.44. The van der Waals surface area contributed by atoms with E-state index >= 15 is 0 Å². The average molecular weight is 221 g/mol. The van der Waals surface area contributed by atoms with E-state index in [1.165, 1.54) is 0 Å². The molecule has 0 aliphatic rings. The van der Waals surface area contributed by atoms with E-state index in [-0.39, 0.29) is 11.3 Å². The Morgan fingerprint density at radius 3 is 2.00 bits per heavy atom. The molecule has 0 saturated heterocycles. The monoisotopic (exact) mass is 221 g/mol. The van der Waals surface area contributed by atoms with Gasteiger partial charge in [-0.25, -0.2) is 13.1 Å². The van der Waals surface area contributed by atoms with Crippen LogP contribution in [-0.2, 0) is 10.0 Å². The van der Waals surface area contributed by atoms with Crippen LogP contribution in [0, 0.1) is 5.92 Å². The fourth-order valence-electron chi connectivity index (χ4n) is 1.23. The predicted molar refractivity (Wildman–Crippen MR) is 60.7 cm³/mol. The van der Waals surface area contributed by atoms with Crippen molar-refractivity contribution >= 4 is 10.0 Å². The van der Waals surface area contributed by atoms with E-state index in [2.05, 4.69) is 18.6 Å². The minimum atomic E-state index is -3.10. The first-order valence-corrected chi connectivity index (χ1v) is 6.85. The van der Waals surface area contributed by atoms with Gasteiger partial charge in [0, 0.05) is 6.04 Å². The quantitative estimate of drug-likeness (QED) is 0.747. The van der Waals surface area contributed by atoms with Crippen LogP contribution in [0.3, 0.4) is 0 Å². The second kappa shape index (κ2) is 5.71. The molecule has 3 nitrogen and oxygen atoms in total. The van der Waals surface area contributed by atoms with Crippen molar-refractivity contribution in [2.24, 2.45) is 5.92 Å². The number of hydrogen-bond donors (Lipinski definition) is 1. The lowest BCUT2D eigenvalue weighted by atomic mass is 10.0. The molecular formula is C10H23NO2S. The molecule has 2 unspecified atom stereocenters. The van der Waals surface area contributed by atoms with Gasteiger partial charge in [-0.05, 0) is 33.1 Å². The third-order valence-corrected chi connectivity index (χ3v) is 4.41. The Hall–Kier alpha value is -0.0900. The lowest BCUT2D eigenvalue weighted by Crippen LogP contribution is -2.38. The lowest BCUT2D eigenvalue weighted by Gasteiger charge is -2.18. The normalized spacial score (nSPS) is 17.0. The van der Waals surface area contributed by atoms with Crippen LogP contribution >= 0.6 is 0 Å². The van der Waals surface area contributed by atoms with Crippen LogP contribution in [0.4, 0.5) is 0 Å². The van der Waals surface area contributed by atoms with E-state index < -0.39 is 10.0 Å². The number of hydrogen-bond acceptors (Lipinski definition) is 2. The van der Waals surface area contributed by atoms with E-state index in [0.717, 1.165) is 12.8 Å². The van der Waals surface area contributed by atoms with Gasteiger partial charge in [-0.1, -0.05) is 20.3 Å². The molecule has 0 aliphatic carbocycles. The number of sulfonamides is 1. The molecule has 4 heteroatoms. The van der Waals surface area contributed by atoms with Crippen molar-refractivity contribution in [2.45, 2.75) is 58.8 Å². The van der Waals surface area contributed by atoms with Crippen LogP contribution in [0.1, 0.15) is 47.5 Å². The Labute approximate surface area is 88.3 Å². The second-order valence-corrected chi connectivity index (χ2v) is 6.63. The standard InChI is InChI=1S/C10H23NO2S/c1-6-9(4)7-10(5)11-14(12,13)8(2)3/h8-11H,6-7H2,1-5H3. The molecule has 2 atom stereocenters. The molecule has 0 bridgehead atoms. The van der Waals surface area contributed by atoms with Crippen molar-refractivity contribution in [3.8, 4) is 0 Å². The van der Waals surface area contributed by atoms with E-state index in [9.17, 15) is 8.42 Å². The fraction of sp³-hybridized carbons (Fsp3) is 1.00. The molecule has 0 radical (unpaired) electrons. The summed E-state index contributed by atoms with van der Waals surface area (Å²) in [4.78, 5) is 0. The second-order valence-electron chi connectivity index (χ2n) is 4.36.